The number of non-ortho nitro benzene ring substituents is 1. The van der Waals surface area contributed by atoms with Gasteiger partial charge in [0, 0.05) is 23.3 Å². The van der Waals surface area contributed by atoms with E-state index in [9.17, 15) is 28.1 Å². The fourth-order valence-corrected chi connectivity index (χ4v) is 5.17. The van der Waals surface area contributed by atoms with Crippen LogP contribution >= 0.6 is 0 Å². The molecule has 4 aromatic carbocycles. The lowest BCUT2D eigenvalue weighted by Gasteiger charge is -2.19. The van der Waals surface area contributed by atoms with Crippen molar-refractivity contribution < 1.29 is 32.4 Å². The molecule has 192 valence electrons. The van der Waals surface area contributed by atoms with Gasteiger partial charge in [0.05, 0.1) is 27.4 Å². The third-order valence-corrected chi connectivity index (χ3v) is 7.52. The summed E-state index contributed by atoms with van der Waals surface area (Å²) in [4.78, 5) is 36.5. The van der Waals surface area contributed by atoms with Crippen LogP contribution in [0.1, 0.15) is 32.4 Å². The fraction of sp³-hybridized carbons (Fsp3) is 0.0714. The van der Waals surface area contributed by atoms with Gasteiger partial charge in [0.15, 0.2) is 6.10 Å². The third-order valence-electron chi connectivity index (χ3n) is 5.69. The molecule has 0 spiro atoms. The molecule has 1 atom stereocenters. The zero-order chi connectivity index (χ0) is 27.3. The number of hydrogen-bond acceptors (Lipinski definition) is 8. The summed E-state index contributed by atoms with van der Waals surface area (Å²) in [5.41, 5.74) is 0.102. The first-order chi connectivity index (χ1) is 18.2. The van der Waals surface area contributed by atoms with Gasteiger partial charge in [0.1, 0.15) is 5.75 Å². The van der Waals surface area contributed by atoms with Crippen molar-refractivity contribution in [2.75, 3.05) is 7.11 Å². The number of esters is 1. The first-order valence-electron chi connectivity index (χ1n) is 11.2. The Morgan fingerprint density at radius 2 is 1.42 bits per heavy atom. The molecule has 0 saturated carbocycles. The lowest BCUT2D eigenvalue weighted by molar-refractivity contribution is -0.384. The second kappa shape index (κ2) is 11.1. The number of nitro groups is 1. The van der Waals surface area contributed by atoms with Crippen molar-refractivity contribution >= 4 is 27.3 Å². The molecule has 0 amide bonds. The van der Waals surface area contributed by atoms with Crippen molar-refractivity contribution in [1.29, 1.82) is 0 Å². The van der Waals surface area contributed by atoms with Gasteiger partial charge >= 0.3 is 5.97 Å². The van der Waals surface area contributed by atoms with Crippen molar-refractivity contribution in [2.24, 2.45) is 0 Å². The standard InChI is InChI=1S/C28H21NO8S/c1-36-22-15-11-19(12-16-22)26(30)27(20-7-3-2-4-8-20)37-28(31)24-9-5-6-10-25(24)38(34,35)23-17-13-21(14-18-23)29(32)33/h2-18,27H,1H3/t27-/m0/s1. The maximum absolute atomic E-state index is 13.4. The van der Waals surface area contributed by atoms with Crippen LogP contribution < -0.4 is 4.74 Å². The zero-order valence-electron chi connectivity index (χ0n) is 20.0. The quantitative estimate of drug-likeness (QED) is 0.124. The Labute approximate surface area is 218 Å². The zero-order valence-corrected chi connectivity index (χ0v) is 20.8. The maximum Gasteiger partial charge on any atom is 0.340 e. The van der Waals surface area contributed by atoms with Crippen LogP contribution in [0.25, 0.3) is 0 Å². The number of rotatable bonds is 9. The van der Waals surface area contributed by atoms with Crippen molar-refractivity contribution in [3.8, 4) is 5.75 Å². The number of Topliss-reactive ketones (excluding diaryl/α,β-unsaturated/α-hetero) is 1. The van der Waals surface area contributed by atoms with E-state index >= 15 is 0 Å². The SMILES string of the molecule is COc1ccc(C(=O)[C@@H](OC(=O)c2ccccc2S(=O)(=O)c2ccc([N+](=O)[O-])cc2)c2ccccc2)cc1. The average Bonchev–Trinajstić information content (AvgIpc) is 2.96. The van der Waals surface area contributed by atoms with Gasteiger partial charge < -0.3 is 9.47 Å². The molecule has 0 N–H and O–H groups in total. The minimum absolute atomic E-state index is 0.239. The minimum atomic E-state index is -4.26. The summed E-state index contributed by atoms with van der Waals surface area (Å²) in [6.45, 7) is 0. The molecule has 0 fully saturated rings. The molecule has 0 aliphatic rings. The van der Waals surface area contributed by atoms with Crippen LogP contribution in [0.3, 0.4) is 0 Å². The van der Waals surface area contributed by atoms with E-state index in [0.717, 1.165) is 24.3 Å². The van der Waals surface area contributed by atoms with E-state index in [0.29, 0.717) is 11.3 Å². The van der Waals surface area contributed by atoms with Gasteiger partial charge in [0.2, 0.25) is 15.6 Å². The molecule has 38 heavy (non-hydrogen) atoms. The Bertz CT molecular complexity index is 1580. The highest BCUT2D eigenvalue weighted by Gasteiger charge is 2.30. The molecule has 0 heterocycles. The molecule has 0 radical (unpaired) electrons. The summed E-state index contributed by atoms with van der Waals surface area (Å²) in [6, 6.07) is 24.4. The van der Waals surface area contributed by atoms with Crippen LogP contribution in [-0.2, 0) is 14.6 Å². The van der Waals surface area contributed by atoms with Gasteiger partial charge in [-0.3, -0.25) is 14.9 Å². The Morgan fingerprint density at radius 3 is 2.03 bits per heavy atom. The molecule has 0 saturated heterocycles. The van der Waals surface area contributed by atoms with E-state index in [2.05, 4.69) is 0 Å². The maximum atomic E-state index is 13.4. The second-order valence-electron chi connectivity index (χ2n) is 8.04. The molecule has 4 aromatic rings. The highest BCUT2D eigenvalue weighted by Crippen LogP contribution is 2.29. The predicted octanol–water partition coefficient (Wildman–Crippen LogP) is 5.22. The minimum Gasteiger partial charge on any atom is -0.497 e. The van der Waals surface area contributed by atoms with Crippen LogP contribution in [0, 0.1) is 10.1 Å². The predicted molar refractivity (Wildman–Crippen MR) is 137 cm³/mol. The van der Waals surface area contributed by atoms with E-state index in [4.69, 9.17) is 9.47 Å². The van der Waals surface area contributed by atoms with Crippen LogP contribution in [-0.4, -0.2) is 32.2 Å². The monoisotopic (exact) mass is 531 g/mol. The van der Waals surface area contributed by atoms with Gasteiger partial charge in [-0.2, -0.15) is 0 Å². The molecular formula is C28H21NO8S. The molecule has 0 bridgehead atoms. The number of carbonyl (C=O) groups excluding carboxylic acids is 2. The molecule has 10 heteroatoms. The van der Waals surface area contributed by atoms with E-state index in [1.54, 1.807) is 42.5 Å². The molecule has 0 aromatic heterocycles. The highest BCUT2D eigenvalue weighted by atomic mass is 32.2. The van der Waals surface area contributed by atoms with E-state index in [1.165, 1.54) is 43.5 Å². The Balaban J connectivity index is 1.70. The number of nitrogens with zero attached hydrogens (tertiary/aromatic N) is 1. The number of nitro benzene ring substituents is 1. The lowest BCUT2D eigenvalue weighted by Crippen LogP contribution is -2.21. The first kappa shape index (κ1) is 26.2. The van der Waals surface area contributed by atoms with E-state index < -0.39 is 32.6 Å². The molecule has 0 aliphatic carbocycles. The summed E-state index contributed by atoms with van der Waals surface area (Å²) in [5.74, 6) is -0.995. The summed E-state index contributed by atoms with van der Waals surface area (Å²) in [5, 5.41) is 10.9. The summed E-state index contributed by atoms with van der Waals surface area (Å²) < 4.78 is 37.5. The molecule has 4 rings (SSSR count). The number of benzene rings is 4. The fourth-order valence-electron chi connectivity index (χ4n) is 3.72. The summed E-state index contributed by atoms with van der Waals surface area (Å²) >= 11 is 0. The Hall–Kier alpha value is -4.83. The highest BCUT2D eigenvalue weighted by molar-refractivity contribution is 7.91. The second-order valence-corrected chi connectivity index (χ2v) is 9.96. The third kappa shape index (κ3) is 5.45. The topological polar surface area (TPSA) is 130 Å². The number of hydrogen-bond donors (Lipinski definition) is 0. The largest absolute Gasteiger partial charge is 0.497 e. The van der Waals surface area contributed by atoms with Gasteiger partial charge in [-0.05, 0) is 48.5 Å². The van der Waals surface area contributed by atoms with Crippen molar-refractivity contribution in [3.63, 3.8) is 0 Å². The summed E-state index contributed by atoms with van der Waals surface area (Å²) in [7, 11) is -2.77. The van der Waals surface area contributed by atoms with E-state index in [1.807, 2.05) is 0 Å². The smallest absolute Gasteiger partial charge is 0.340 e. The Morgan fingerprint density at radius 1 is 0.816 bits per heavy atom. The van der Waals surface area contributed by atoms with Crippen LogP contribution in [0.15, 0.2) is 113 Å². The van der Waals surface area contributed by atoms with E-state index in [-0.39, 0.29) is 26.6 Å². The average molecular weight is 532 g/mol. The summed E-state index contributed by atoms with van der Waals surface area (Å²) in [6.07, 6.45) is -1.35. The lowest BCUT2D eigenvalue weighted by atomic mass is 9.99. The molecular weight excluding hydrogens is 510 g/mol. The number of ketones is 1. The van der Waals surface area contributed by atoms with Crippen LogP contribution in [0.5, 0.6) is 5.75 Å². The van der Waals surface area contributed by atoms with Crippen molar-refractivity contribution in [2.45, 2.75) is 15.9 Å². The first-order valence-corrected chi connectivity index (χ1v) is 12.7. The molecule has 0 aliphatic heterocycles. The van der Waals surface area contributed by atoms with Crippen LogP contribution in [0.2, 0.25) is 0 Å². The van der Waals surface area contributed by atoms with Crippen molar-refractivity contribution in [3.05, 3.63) is 130 Å². The van der Waals surface area contributed by atoms with Gasteiger partial charge in [0.25, 0.3) is 5.69 Å². The normalized spacial score (nSPS) is 11.8. The molecule has 0 unspecified atom stereocenters. The van der Waals surface area contributed by atoms with Gasteiger partial charge in [-0.25, -0.2) is 13.2 Å². The number of ether oxygens (including phenoxy) is 2. The molecule has 9 nitrogen and oxygen atoms in total. The van der Waals surface area contributed by atoms with Gasteiger partial charge in [-0.1, -0.05) is 42.5 Å². The van der Waals surface area contributed by atoms with Crippen LogP contribution in [0.4, 0.5) is 5.69 Å². The van der Waals surface area contributed by atoms with Gasteiger partial charge in [-0.15, -0.1) is 0 Å². The van der Waals surface area contributed by atoms with Crippen molar-refractivity contribution in [1.82, 2.24) is 0 Å². The Kier molecular flexibility index (Phi) is 7.63. The number of sulfone groups is 1. The number of methoxy groups -OCH3 is 1. The number of carbonyl (C=O) groups is 2.